The van der Waals surface area contributed by atoms with E-state index in [0.717, 1.165) is 31.6 Å². The molecule has 0 saturated carbocycles. The molecule has 1 fully saturated rings. The van der Waals surface area contributed by atoms with Crippen molar-refractivity contribution in [1.82, 2.24) is 15.2 Å². The van der Waals surface area contributed by atoms with Gasteiger partial charge in [0.05, 0.1) is 11.3 Å². The molecule has 5 nitrogen and oxygen atoms in total. The number of pyridine rings is 1. The molecule has 5 heteroatoms. The summed E-state index contributed by atoms with van der Waals surface area (Å²) in [4.78, 5) is 18.6. The third kappa shape index (κ3) is 3.70. The van der Waals surface area contributed by atoms with Gasteiger partial charge in [0.1, 0.15) is 0 Å². The summed E-state index contributed by atoms with van der Waals surface area (Å²) in [6.07, 6.45) is 6.74. The van der Waals surface area contributed by atoms with Crippen LogP contribution in [0.25, 0.3) is 0 Å². The van der Waals surface area contributed by atoms with Crippen LogP contribution < -0.4 is 10.6 Å². The van der Waals surface area contributed by atoms with Crippen molar-refractivity contribution in [2.75, 3.05) is 32.0 Å². The van der Waals surface area contributed by atoms with Gasteiger partial charge in [0.15, 0.2) is 0 Å². The summed E-state index contributed by atoms with van der Waals surface area (Å²) >= 11 is 0. The van der Waals surface area contributed by atoms with E-state index in [1.54, 1.807) is 12.4 Å². The number of nitrogens with zero attached hydrogens (tertiary/aromatic N) is 2. The van der Waals surface area contributed by atoms with Gasteiger partial charge in [-0.3, -0.25) is 9.78 Å². The number of hydrogen-bond donors (Lipinski definition) is 2. The van der Waals surface area contributed by atoms with Crippen LogP contribution in [0.2, 0.25) is 0 Å². The number of nitrogens with one attached hydrogen (secondary N) is 2. The van der Waals surface area contributed by atoms with Crippen molar-refractivity contribution in [2.24, 2.45) is 0 Å². The molecule has 0 bridgehead atoms. The maximum Gasteiger partial charge on any atom is 0.255 e. The van der Waals surface area contributed by atoms with Gasteiger partial charge in [-0.15, -0.1) is 0 Å². The number of aromatic nitrogens is 1. The Morgan fingerprint density at radius 1 is 1.55 bits per heavy atom. The highest BCUT2D eigenvalue weighted by Gasteiger charge is 2.21. The standard InChI is InChI=1S/C15H24N4O/c1-3-7-17-14-6-8-16-11-13(14)15(20)18-10-12-5-4-9-19(12)2/h6,8,11-12H,3-5,7,9-10H2,1-2H3,(H,16,17)(H,18,20). The molecule has 1 aliphatic heterocycles. The number of likely N-dealkylation sites (N-methyl/N-ethyl adjacent to an activating group) is 1. The molecule has 1 amide bonds. The maximum absolute atomic E-state index is 12.3. The zero-order chi connectivity index (χ0) is 14.4. The number of likely N-dealkylation sites (tertiary alicyclic amines) is 1. The van der Waals surface area contributed by atoms with E-state index in [-0.39, 0.29) is 5.91 Å². The van der Waals surface area contributed by atoms with Gasteiger partial charge in [-0.2, -0.15) is 0 Å². The second kappa shape index (κ2) is 7.24. The van der Waals surface area contributed by atoms with Crippen LogP contribution in [0, 0.1) is 0 Å². The van der Waals surface area contributed by atoms with Crippen molar-refractivity contribution in [1.29, 1.82) is 0 Å². The Bertz CT molecular complexity index is 449. The Balaban J connectivity index is 1.94. The van der Waals surface area contributed by atoms with Crippen LogP contribution in [0.5, 0.6) is 0 Å². The number of amides is 1. The Kier molecular flexibility index (Phi) is 5.35. The molecule has 1 aromatic rings. The first-order valence-electron chi connectivity index (χ1n) is 7.38. The molecular weight excluding hydrogens is 252 g/mol. The lowest BCUT2D eigenvalue weighted by atomic mass is 10.2. The van der Waals surface area contributed by atoms with E-state index >= 15 is 0 Å². The van der Waals surface area contributed by atoms with Gasteiger partial charge in [-0.05, 0) is 38.9 Å². The Hall–Kier alpha value is -1.62. The third-order valence-corrected chi connectivity index (χ3v) is 3.80. The first kappa shape index (κ1) is 14.8. The molecule has 0 aromatic carbocycles. The molecule has 20 heavy (non-hydrogen) atoms. The highest BCUT2D eigenvalue weighted by Crippen LogP contribution is 2.15. The van der Waals surface area contributed by atoms with E-state index in [0.29, 0.717) is 18.2 Å². The first-order chi connectivity index (χ1) is 9.72. The van der Waals surface area contributed by atoms with Gasteiger partial charge in [0, 0.05) is 31.5 Å². The van der Waals surface area contributed by atoms with Crippen LogP contribution in [0.3, 0.4) is 0 Å². The van der Waals surface area contributed by atoms with Gasteiger partial charge in [-0.1, -0.05) is 6.92 Å². The fourth-order valence-corrected chi connectivity index (χ4v) is 2.53. The number of carbonyl (C=O) groups excluding carboxylic acids is 1. The molecule has 0 radical (unpaired) electrons. The molecule has 1 unspecified atom stereocenters. The molecule has 2 heterocycles. The molecule has 2 rings (SSSR count). The predicted molar refractivity (Wildman–Crippen MR) is 81.0 cm³/mol. The van der Waals surface area contributed by atoms with E-state index in [4.69, 9.17) is 0 Å². The quantitative estimate of drug-likeness (QED) is 0.831. The van der Waals surface area contributed by atoms with Crippen LogP contribution in [0.15, 0.2) is 18.5 Å². The average Bonchev–Trinajstić information content (AvgIpc) is 2.88. The smallest absolute Gasteiger partial charge is 0.255 e. The molecular formula is C15H24N4O. The summed E-state index contributed by atoms with van der Waals surface area (Å²) < 4.78 is 0. The highest BCUT2D eigenvalue weighted by molar-refractivity contribution is 5.99. The van der Waals surface area contributed by atoms with Gasteiger partial charge < -0.3 is 15.5 Å². The zero-order valence-corrected chi connectivity index (χ0v) is 12.4. The molecule has 1 atom stereocenters. The van der Waals surface area contributed by atoms with Crippen molar-refractivity contribution >= 4 is 11.6 Å². The van der Waals surface area contributed by atoms with Gasteiger partial charge in [-0.25, -0.2) is 0 Å². The molecule has 2 N–H and O–H groups in total. The summed E-state index contributed by atoms with van der Waals surface area (Å²) in [5, 5.41) is 6.30. The van der Waals surface area contributed by atoms with E-state index in [9.17, 15) is 4.79 Å². The average molecular weight is 276 g/mol. The van der Waals surface area contributed by atoms with E-state index in [1.165, 1.54) is 6.42 Å². The third-order valence-electron chi connectivity index (χ3n) is 3.80. The lowest BCUT2D eigenvalue weighted by Gasteiger charge is -2.20. The molecule has 1 saturated heterocycles. The lowest BCUT2D eigenvalue weighted by molar-refractivity contribution is 0.0944. The maximum atomic E-state index is 12.3. The Labute approximate surface area is 120 Å². The SMILES string of the molecule is CCCNc1ccncc1C(=O)NCC1CCCN1C. The zero-order valence-electron chi connectivity index (χ0n) is 12.4. The second-order valence-corrected chi connectivity index (χ2v) is 5.33. The van der Waals surface area contributed by atoms with Crippen molar-refractivity contribution in [2.45, 2.75) is 32.2 Å². The van der Waals surface area contributed by atoms with Crippen LogP contribution in [0.4, 0.5) is 5.69 Å². The summed E-state index contributed by atoms with van der Waals surface area (Å²) in [7, 11) is 2.11. The first-order valence-corrected chi connectivity index (χ1v) is 7.38. The number of anilines is 1. The van der Waals surface area contributed by atoms with Gasteiger partial charge in [0.2, 0.25) is 0 Å². The summed E-state index contributed by atoms with van der Waals surface area (Å²) in [5.41, 5.74) is 1.49. The topological polar surface area (TPSA) is 57.3 Å². The van der Waals surface area contributed by atoms with Crippen LogP contribution >= 0.6 is 0 Å². The largest absolute Gasteiger partial charge is 0.384 e. The number of hydrogen-bond acceptors (Lipinski definition) is 4. The fourth-order valence-electron chi connectivity index (χ4n) is 2.53. The minimum Gasteiger partial charge on any atom is -0.384 e. The molecule has 0 spiro atoms. The van der Waals surface area contributed by atoms with Crippen molar-refractivity contribution in [3.63, 3.8) is 0 Å². The van der Waals surface area contributed by atoms with Crippen molar-refractivity contribution in [3.8, 4) is 0 Å². The normalized spacial score (nSPS) is 19.0. The van der Waals surface area contributed by atoms with Gasteiger partial charge in [0.25, 0.3) is 5.91 Å². The van der Waals surface area contributed by atoms with E-state index in [1.807, 2.05) is 6.07 Å². The van der Waals surface area contributed by atoms with Crippen LogP contribution in [0.1, 0.15) is 36.5 Å². The Morgan fingerprint density at radius 2 is 2.40 bits per heavy atom. The van der Waals surface area contributed by atoms with Crippen LogP contribution in [-0.4, -0.2) is 48.5 Å². The monoisotopic (exact) mass is 276 g/mol. The lowest BCUT2D eigenvalue weighted by Crippen LogP contribution is -2.38. The van der Waals surface area contributed by atoms with Crippen molar-refractivity contribution < 1.29 is 4.79 Å². The second-order valence-electron chi connectivity index (χ2n) is 5.33. The minimum absolute atomic E-state index is 0.0444. The molecule has 1 aliphatic rings. The Morgan fingerprint density at radius 3 is 3.10 bits per heavy atom. The summed E-state index contributed by atoms with van der Waals surface area (Å²) in [6.45, 7) is 4.79. The van der Waals surface area contributed by atoms with Gasteiger partial charge >= 0.3 is 0 Å². The molecule has 1 aromatic heterocycles. The molecule has 110 valence electrons. The summed E-state index contributed by atoms with van der Waals surface area (Å²) in [5.74, 6) is -0.0444. The highest BCUT2D eigenvalue weighted by atomic mass is 16.1. The van der Waals surface area contributed by atoms with Crippen molar-refractivity contribution in [3.05, 3.63) is 24.0 Å². The summed E-state index contributed by atoms with van der Waals surface area (Å²) in [6, 6.07) is 2.31. The minimum atomic E-state index is -0.0444. The fraction of sp³-hybridized carbons (Fsp3) is 0.600. The van der Waals surface area contributed by atoms with Crippen LogP contribution in [-0.2, 0) is 0 Å². The number of rotatable bonds is 6. The predicted octanol–water partition coefficient (Wildman–Crippen LogP) is 1.73. The molecule has 0 aliphatic carbocycles. The van der Waals surface area contributed by atoms with E-state index in [2.05, 4.69) is 34.5 Å². The van der Waals surface area contributed by atoms with E-state index < -0.39 is 0 Å². The number of carbonyl (C=O) groups is 1.